The molecule has 0 fully saturated rings. The first-order valence-electron chi connectivity index (χ1n) is 8.60. The van der Waals surface area contributed by atoms with Crippen molar-refractivity contribution in [2.45, 2.75) is 12.5 Å². The van der Waals surface area contributed by atoms with Gasteiger partial charge in [-0.3, -0.25) is 4.79 Å². The summed E-state index contributed by atoms with van der Waals surface area (Å²) < 4.78 is 19.5. The first kappa shape index (κ1) is 16.3. The molecule has 1 unspecified atom stereocenters. The van der Waals surface area contributed by atoms with Gasteiger partial charge in [-0.05, 0) is 29.3 Å². The van der Waals surface area contributed by atoms with Gasteiger partial charge in [0.25, 0.3) is 5.91 Å². The zero-order valence-electron chi connectivity index (χ0n) is 14.1. The third-order valence-electron chi connectivity index (χ3n) is 4.57. The molecule has 3 aromatic carbocycles. The first-order chi connectivity index (χ1) is 12.7. The lowest BCUT2D eigenvalue weighted by Gasteiger charge is -2.27. The number of amides is 1. The van der Waals surface area contributed by atoms with Gasteiger partial charge in [-0.25, -0.2) is 4.39 Å². The van der Waals surface area contributed by atoms with Gasteiger partial charge in [-0.2, -0.15) is 0 Å². The molecule has 130 valence electrons. The Morgan fingerprint density at radius 1 is 1.00 bits per heavy atom. The number of carbonyl (C=O) groups is 1. The van der Waals surface area contributed by atoms with E-state index in [1.54, 1.807) is 6.07 Å². The molecule has 1 aliphatic heterocycles. The van der Waals surface area contributed by atoms with Crippen molar-refractivity contribution in [1.29, 1.82) is 0 Å². The number of carbonyl (C=O) groups excluding carboxylic acids is 1. The van der Waals surface area contributed by atoms with Crippen LogP contribution in [0.1, 0.15) is 28.4 Å². The highest BCUT2D eigenvalue weighted by atomic mass is 19.1. The van der Waals surface area contributed by atoms with Crippen LogP contribution in [0.3, 0.4) is 0 Å². The van der Waals surface area contributed by atoms with Crippen LogP contribution in [-0.4, -0.2) is 12.5 Å². The fraction of sp³-hybridized carbons (Fsp3) is 0.136. The number of nitrogens with one attached hydrogen (secondary N) is 1. The molecule has 0 spiro atoms. The minimum atomic E-state index is -0.429. The number of hydrogen-bond donors (Lipinski definition) is 1. The Hall–Kier alpha value is -3.14. The Morgan fingerprint density at radius 2 is 1.77 bits per heavy atom. The van der Waals surface area contributed by atoms with Crippen LogP contribution in [-0.2, 0) is 0 Å². The minimum absolute atomic E-state index is 0.153. The van der Waals surface area contributed by atoms with E-state index in [2.05, 4.69) is 5.32 Å². The summed E-state index contributed by atoms with van der Waals surface area (Å²) in [6.07, 6.45) is 0.679. The van der Waals surface area contributed by atoms with Crippen LogP contribution in [0.5, 0.6) is 5.75 Å². The van der Waals surface area contributed by atoms with E-state index in [0.717, 1.165) is 16.9 Å². The Morgan fingerprint density at radius 3 is 2.62 bits per heavy atom. The van der Waals surface area contributed by atoms with Gasteiger partial charge < -0.3 is 10.1 Å². The van der Waals surface area contributed by atoms with Crippen molar-refractivity contribution in [3.8, 4) is 16.9 Å². The molecule has 1 heterocycles. The standard InChI is InChI=1S/C22H18FNO2/c23-16-10-11-17(15-6-2-1-3-7-15)19(14-16)22(25)24-20-12-13-26-21-9-5-4-8-18(20)21/h1-11,14,20H,12-13H2,(H,24,25). The number of para-hydroxylation sites is 1. The SMILES string of the molecule is O=C(NC1CCOc2ccccc21)c1cc(F)ccc1-c1ccccc1. The maximum Gasteiger partial charge on any atom is 0.252 e. The molecule has 3 aromatic rings. The molecule has 0 saturated carbocycles. The molecule has 0 bridgehead atoms. The Balaban J connectivity index is 1.67. The number of halogens is 1. The molecule has 4 rings (SSSR count). The Labute approximate surface area is 151 Å². The lowest BCUT2D eigenvalue weighted by molar-refractivity contribution is 0.0925. The Bertz CT molecular complexity index is 940. The van der Waals surface area contributed by atoms with Gasteiger partial charge in [-0.15, -0.1) is 0 Å². The summed E-state index contributed by atoms with van der Waals surface area (Å²) >= 11 is 0. The fourth-order valence-electron chi connectivity index (χ4n) is 3.30. The van der Waals surface area contributed by atoms with E-state index < -0.39 is 5.82 Å². The highest BCUT2D eigenvalue weighted by Crippen LogP contribution is 2.32. The van der Waals surface area contributed by atoms with Crippen molar-refractivity contribution in [2.75, 3.05) is 6.61 Å². The van der Waals surface area contributed by atoms with E-state index in [0.29, 0.717) is 24.2 Å². The number of benzene rings is 3. The van der Waals surface area contributed by atoms with Crippen molar-refractivity contribution in [3.05, 3.63) is 89.7 Å². The molecule has 1 aliphatic rings. The second kappa shape index (κ2) is 7.00. The number of fused-ring (bicyclic) bond motifs is 1. The summed E-state index contributed by atoms with van der Waals surface area (Å²) in [6.45, 7) is 0.538. The van der Waals surface area contributed by atoms with E-state index in [4.69, 9.17) is 4.74 Å². The zero-order chi connectivity index (χ0) is 17.9. The molecule has 4 heteroatoms. The van der Waals surface area contributed by atoms with Gasteiger partial charge in [0.15, 0.2) is 0 Å². The van der Waals surface area contributed by atoms with Gasteiger partial charge in [0.05, 0.1) is 18.2 Å². The van der Waals surface area contributed by atoms with Crippen molar-refractivity contribution in [2.24, 2.45) is 0 Å². The quantitative estimate of drug-likeness (QED) is 0.743. The van der Waals surface area contributed by atoms with Gasteiger partial charge in [0, 0.05) is 12.0 Å². The molecule has 26 heavy (non-hydrogen) atoms. The van der Waals surface area contributed by atoms with Crippen molar-refractivity contribution < 1.29 is 13.9 Å². The molecule has 0 aliphatic carbocycles. The maximum absolute atomic E-state index is 13.8. The van der Waals surface area contributed by atoms with E-state index in [9.17, 15) is 9.18 Å². The molecular weight excluding hydrogens is 329 g/mol. The van der Waals surface area contributed by atoms with Gasteiger partial charge in [0.2, 0.25) is 0 Å². The van der Waals surface area contributed by atoms with Crippen molar-refractivity contribution in [3.63, 3.8) is 0 Å². The number of rotatable bonds is 3. The van der Waals surface area contributed by atoms with Crippen LogP contribution < -0.4 is 10.1 Å². The van der Waals surface area contributed by atoms with Crippen LogP contribution in [0.4, 0.5) is 4.39 Å². The smallest absolute Gasteiger partial charge is 0.252 e. The first-order valence-corrected chi connectivity index (χ1v) is 8.60. The van der Waals surface area contributed by atoms with E-state index in [1.807, 2.05) is 54.6 Å². The summed E-state index contributed by atoms with van der Waals surface area (Å²) in [4.78, 5) is 13.0. The summed E-state index contributed by atoms with van der Waals surface area (Å²) in [5, 5.41) is 3.04. The third-order valence-corrected chi connectivity index (χ3v) is 4.57. The Kier molecular flexibility index (Phi) is 4.40. The van der Waals surface area contributed by atoms with E-state index in [-0.39, 0.29) is 11.9 Å². The summed E-state index contributed by atoms with van der Waals surface area (Å²) in [5.41, 5.74) is 2.87. The van der Waals surface area contributed by atoms with Crippen molar-refractivity contribution >= 4 is 5.91 Å². The second-order valence-electron chi connectivity index (χ2n) is 6.26. The highest BCUT2D eigenvalue weighted by Gasteiger charge is 2.24. The lowest BCUT2D eigenvalue weighted by Crippen LogP contribution is -2.32. The average Bonchev–Trinajstić information content (AvgIpc) is 2.69. The van der Waals surface area contributed by atoms with Crippen LogP contribution in [0.15, 0.2) is 72.8 Å². The number of hydrogen-bond acceptors (Lipinski definition) is 2. The van der Waals surface area contributed by atoms with Crippen LogP contribution >= 0.6 is 0 Å². The summed E-state index contributed by atoms with van der Waals surface area (Å²) in [7, 11) is 0. The predicted molar refractivity (Wildman–Crippen MR) is 98.6 cm³/mol. The third kappa shape index (κ3) is 3.18. The monoisotopic (exact) mass is 347 g/mol. The molecule has 1 atom stereocenters. The molecular formula is C22H18FNO2. The topological polar surface area (TPSA) is 38.3 Å². The average molecular weight is 347 g/mol. The van der Waals surface area contributed by atoms with E-state index >= 15 is 0 Å². The van der Waals surface area contributed by atoms with Crippen LogP contribution in [0.25, 0.3) is 11.1 Å². The molecule has 1 N–H and O–H groups in total. The summed E-state index contributed by atoms with van der Waals surface area (Å²) in [5.74, 6) is 0.0684. The normalized spacial score (nSPS) is 15.7. The molecule has 3 nitrogen and oxygen atoms in total. The molecule has 1 amide bonds. The minimum Gasteiger partial charge on any atom is -0.493 e. The lowest BCUT2D eigenvalue weighted by atomic mass is 9.97. The molecule has 0 radical (unpaired) electrons. The predicted octanol–water partition coefficient (Wildman–Crippen LogP) is 4.75. The second-order valence-corrected chi connectivity index (χ2v) is 6.26. The van der Waals surface area contributed by atoms with Gasteiger partial charge in [-0.1, -0.05) is 54.6 Å². The number of ether oxygens (including phenoxy) is 1. The van der Waals surface area contributed by atoms with Gasteiger partial charge >= 0.3 is 0 Å². The van der Waals surface area contributed by atoms with Crippen LogP contribution in [0, 0.1) is 5.82 Å². The molecule has 0 aromatic heterocycles. The zero-order valence-corrected chi connectivity index (χ0v) is 14.1. The van der Waals surface area contributed by atoms with Gasteiger partial charge in [0.1, 0.15) is 11.6 Å². The largest absolute Gasteiger partial charge is 0.493 e. The van der Waals surface area contributed by atoms with Crippen molar-refractivity contribution in [1.82, 2.24) is 5.32 Å². The van der Waals surface area contributed by atoms with Crippen LogP contribution in [0.2, 0.25) is 0 Å². The maximum atomic E-state index is 13.8. The fourth-order valence-corrected chi connectivity index (χ4v) is 3.30. The summed E-state index contributed by atoms with van der Waals surface area (Å²) in [6, 6.07) is 21.4. The van der Waals surface area contributed by atoms with E-state index in [1.165, 1.54) is 12.1 Å². The molecule has 0 saturated heterocycles. The highest BCUT2D eigenvalue weighted by molar-refractivity contribution is 6.01.